The summed E-state index contributed by atoms with van der Waals surface area (Å²) in [6, 6.07) is 21.3. The summed E-state index contributed by atoms with van der Waals surface area (Å²) in [5.41, 5.74) is 5.37. The van der Waals surface area contributed by atoms with Crippen LogP contribution in [-0.2, 0) is 0 Å². The fourth-order valence-corrected chi connectivity index (χ4v) is 4.33. The van der Waals surface area contributed by atoms with Crippen LogP contribution in [0.2, 0.25) is 0 Å². The predicted octanol–water partition coefficient (Wildman–Crippen LogP) is 7.19. The quantitative estimate of drug-likeness (QED) is 0.259. The molecule has 1 aromatic heterocycles. The molecule has 4 aromatic rings. The molecular weight excluding hydrogens is 495 g/mol. The molecule has 0 saturated heterocycles. The van der Waals surface area contributed by atoms with E-state index in [1.807, 2.05) is 58.0 Å². The molecule has 1 atom stereocenters. The lowest BCUT2D eigenvalue weighted by Crippen LogP contribution is -2.13. The molecule has 38 heavy (non-hydrogen) atoms. The monoisotopic (exact) mass is 524 g/mol. The number of rotatable bonds is 6. The summed E-state index contributed by atoms with van der Waals surface area (Å²) in [7, 11) is 3.36. The van der Waals surface area contributed by atoms with Gasteiger partial charge < -0.3 is 14.8 Å². The van der Waals surface area contributed by atoms with Crippen LogP contribution >= 0.6 is 8.86 Å². The van der Waals surface area contributed by atoms with E-state index in [2.05, 4.69) is 20.2 Å². The zero-order valence-corrected chi connectivity index (χ0v) is 22.7. The average Bonchev–Trinajstić information content (AvgIpc) is 2.90. The molecule has 4 rings (SSSR count). The zero-order valence-electron chi connectivity index (χ0n) is 21.7. The number of aryl methyl sites for hydroxylation is 2. The molecule has 7 heteroatoms. The second kappa shape index (κ2) is 12.7. The number of aromatic carboxylic acids is 1. The van der Waals surface area contributed by atoms with Gasteiger partial charge in [0.25, 0.3) is 0 Å². The Morgan fingerprint density at radius 2 is 1.82 bits per heavy atom. The summed E-state index contributed by atoms with van der Waals surface area (Å²) in [6.45, 7) is 7.66. The molecule has 1 heterocycles. The van der Waals surface area contributed by atoms with Crippen molar-refractivity contribution in [1.82, 2.24) is 0 Å². The molecule has 0 radical (unpaired) electrons. The van der Waals surface area contributed by atoms with Gasteiger partial charge in [-0.15, -0.1) is 8.86 Å². The van der Waals surface area contributed by atoms with E-state index in [0.717, 1.165) is 27.8 Å². The number of carbonyl (C=O) groups is 1. The van der Waals surface area contributed by atoms with Crippen LogP contribution in [0.3, 0.4) is 0 Å². The Hall–Kier alpha value is -4.46. The zero-order chi connectivity index (χ0) is 27.8. The predicted molar refractivity (Wildman–Crippen MR) is 157 cm³/mol. The van der Waals surface area contributed by atoms with Gasteiger partial charge in [-0.1, -0.05) is 36.4 Å². The number of carboxylic acids is 1. The summed E-state index contributed by atoms with van der Waals surface area (Å²) in [4.78, 5) is 24.3. The van der Waals surface area contributed by atoms with Crippen molar-refractivity contribution in [2.75, 3.05) is 5.32 Å². The molecule has 3 aromatic carbocycles. The van der Waals surface area contributed by atoms with Gasteiger partial charge in [-0.2, -0.15) is 5.26 Å². The Kier molecular flexibility index (Phi) is 9.38. The first-order chi connectivity index (χ1) is 18.2. The van der Waals surface area contributed by atoms with Crippen molar-refractivity contribution in [2.45, 2.75) is 33.7 Å². The molecule has 6 nitrogen and oxygen atoms in total. The van der Waals surface area contributed by atoms with Crippen molar-refractivity contribution in [3.8, 4) is 6.07 Å². The number of allylic oxidation sites excluding steroid dienone is 2. The minimum atomic E-state index is -1.01. The number of hydrogen-bond acceptors (Lipinski definition) is 5. The smallest absolute Gasteiger partial charge is 0.337 e. The first-order valence-electron chi connectivity index (χ1n) is 12.0. The number of nitrogens with one attached hydrogen (secondary N) is 1. The van der Waals surface area contributed by atoms with E-state index < -0.39 is 5.97 Å². The van der Waals surface area contributed by atoms with Crippen LogP contribution in [0.15, 0.2) is 82.0 Å². The number of hydrogen-bond donors (Lipinski definition) is 2. The fourth-order valence-electron chi connectivity index (χ4n) is 4.02. The Bertz CT molecular complexity index is 1630. The largest absolute Gasteiger partial charge is 0.478 e. The van der Waals surface area contributed by atoms with Crippen molar-refractivity contribution in [2.24, 2.45) is 0 Å². The number of nitrogens with zero attached hydrogens (tertiary/aromatic N) is 1. The second-order valence-corrected chi connectivity index (χ2v) is 9.08. The van der Waals surface area contributed by atoms with Crippen molar-refractivity contribution >= 4 is 42.9 Å². The van der Waals surface area contributed by atoms with Crippen LogP contribution in [0.25, 0.3) is 16.5 Å². The van der Waals surface area contributed by atoms with Crippen molar-refractivity contribution in [3.63, 3.8) is 0 Å². The van der Waals surface area contributed by atoms with E-state index in [9.17, 15) is 14.7 Å². The molecule has 0 aliphatic heterocycles. The second-order valence-electron chi connectivity index (χ2n) is 8.79. The minimum Gasteiger partial charge on any atom is -0.478 e. The number of para-hydroxylation sites is 1. The van der Waals surface area contributed by atoms with Gasteiger partial charge >= 0.3 is 5.97 Å². The van der Waals surface area contributed by atoms with Gasteiger partial charge in [0.2, 0.25) is 0 Å². The molecule has 0 bridgehead atoms. The summed E-state index contributed by atoms with van der Waals surface area (Å²) in [6.07, 6.45) is 1.84. The van der Waals surface area contributed by atoms with E-state index >= 15 is 0 Å². The van der Waals surface area contributed by atoms with Gasteiger partial charge in [0.15, 0.2) is 5.43 Å². The third-order valence-corrected chi connectivity index (χ3v) is 6.21. The Morgan fingerprint density at radius 3 is 2.42 bits per heavy atom. The Labute approximate surface area is 224 Å². The van der Waals surface area contributed by atoms with Crippen LogP contribution in [0, 0.1) is 25.2 Å². The van der Waals surface area contributed by atoms with Crippen LogP contribution < -0.4 is 10.7 Å². The van der Waals surface area contributed by atoms with Gasteiger partial charge in [0.05, 0.1) is 28.6 Å². The Morgan fingerprint density at radius 1 is 1.08 bits per heavy atom. The van der Waals surface area contributed by atoms with Crippen molar-refractivity contribution in [1.29, 1.82) is 5.26 Å². The van der Waals surface area contributed by atoms with E-state index in [0.29, 0.717) is 22.4 Å². The fraction of sp³-hybridized carbons (Fsp3) is 0.161. The maximum Gasteiger partial charge on any atom is 0.337 e. The van der Waals surface area contributed by atoms with Gasteiger partial charge in [-0.25, -0.2) is 4.79 Å². The molecular formula is C31H29N2O4P. The first kappa shape index (κ1) is 28.1. The highest BCUT2D eigenvalue weighted by Crippen LogP contribution is 2.30. The van der Waals surface area contributed by atoms with Gasteiger partial charge in [0.1, 0.15) is 11.3 Å². The van der Waals surface area contributed by atoms with Crippen molar-refractivity contribution < 1.29 is 14.3 Å². The summed E-state index contributed by atoms with van der Waals surface area (Å²) in [5.74, 6) is 1.15. The van der Waals surface area contributed by atoms with Gasteiger partial charge in [0, 0.05) is 22.9 Å². The highest BCUT2D eigenvalue weighted by molar-refractivity contribution is 7.20. The first-order valence-corrected chi connectivity index (χ1v) is 12.6. The molecule has 0 amide bonds. The molecule has 1 unspecified atom stereocenters. The number of nitriles is 1. The van der Waals surface area contributed by atoms with E-state index in [-0.39, 0.29) is 17.0 Å². The molecule has 192 valence electrons. The normalized spacial score (nSPS) is 11.6. The van der Waals surface area contributed by atoms with Gasteiger partial charge in [-0.3, -0.25) is 4.79 Å². The third-order valence-electron chi connectivity index (χ3n) is 5.90. The number of fused-ring (bicyclic) bond motifs is 1. The highest BCUT2D eigenvalue weighted by Gasteiger charge is 2.18. The van der Waals surface area contributed by atoms with Crippen molar-refractivity contribution in [3.05, 3.63) is 117 Å². The van der Waals surface area contributed by atoms with E-state index in [1.54, 1.807) is 42.2 Å². The summed E-state index contributed by atoms with van der Waals surface area (Å²) >= 11 is 0. The number of carboxylic acid groups (broad SMARTS) is 1. The van der Waals surface area contributed by atoms with Crippen LogP contribution in [0.4, 0.5) is 5.69 Å². The Balaban J connectivity index is 0.000000375. The third kappa shape index (κ3) is 6.64. The topological polar surface area (TPSA) is 103 Å². The average molecular weight is 525 g/mol. The number of benzene rings is 3. The molecule has 0 saturated carbocycles. The van der Waals surface area contributed by atoms with Crippen LogP contribution in [0.5, 0.6) is 0 Å². The standard InChI is InChI=1S/C23H22NO4P.C8H7N/c1-4-15(12-29)21-11-20(25)18-10-13(2)9-17(22(18)28-21)14(3)24-19-8-6-5-7-16(19)23(26)27;1-7-3-2-4-8(5-7)6-9/h4-12,14,24,29H,1-3H3,(H,26,27);2-5H,1H3/b15-4+;. The lowest BCUT2D eigenvalue weighted by atomic mass is 10.00. The highest BCUT2D eigenvalue weighted by atomic mass is 31.0. The molecule has 2 N–H and O–H groups in total. The summed E-state index contributed by atoms with van der Waals surface area (Å²) < 4.78 is 6.12. The van der Waals surface area contributed by atoms with E-state index in [4.69, 9.17) is 9.68 Å². The SMILES string of the molecule is C/C=C(\C=P)c1cc(=O)c2cc(C)cc(C(C)Nc3ccccc3C(=O)O)c2o1.Cc1cccc(C#N)c1. The lowest BCUT2D eigenvalue weighted by molar-refractivity contribution is 0.0698. The van der Waals surface area contributed by atoms with Crippen LogP contribution in [0.1, 0.15) is 58.3 Å². The molecule has 0 fully saturated rings. The lowest BCUT2D eigenvalue weighted by Gasteiger charge is -2.19. The molecule has 0 aliphatic carbocycles. The van der Waals surface area contributed by atoms with Crippen LogP contribution in [-0.4, -0.2) is 16.9 Å². The molecule has 0 spiro atoms. The maximum atomic E-state index is 12.7. The van der Waals surface area contributed by atoms with E-state index in [1.165, 1.54) is 6.07 Å². The summed E-state index contributed by atoms with van der Waals surface area (Å²) in [5, 5.41) is 21.6. The van der Waals surface area contributed by atoms with Gasteiger partial charge in [-0.05, 0) is 75.0 Å². The number of anilines is 1. The molecule has 0 aliphatic rings. The minimum absolute atomic E-state index is 0.128. The maximum absolute atomic E-state index is 12.7.